The Kier molecular flexibility index (Phi) is 3.39. The van der Waals surface area contributed by atoms with Crippen LogP contribution in [0, 0.1) is 5.92 Å². The number of hydrogen-bond donors (Lipinski definition) is 1. The number of imidazole rings is 1. The summed E-state index contributed by atoms with van der Waals surface area (Å²) >= 11 is 0. The Hall–Kier alpha value is -0.870. The first-order valence-corrected chi connectivity index (χ1v) is 7.18. The average molecular weight is 248 g/mol. The maximum atomic E-state index is 4.32. The van der Waals surface area contributed by atoms with E-state index in [0.29, 0.717) is 6.04 Å². The molecule has 1 N–H and O–H groups in total. The third kappa shape index (κ3) is 2.19. The zero-order valence-electron chi connectivity index (χ0n) is 11.5. The van der Waals surface area contributed by atoms with Crippen LogP contribution in [0.3, 0.4) is 0 Å². The van der Waals surface area contributed by atoms with Gasteiger partial charge in [-0.15, -0.1) is 0 Å². The number of aromatic nitrogens is 2. The van der Waals surface area contributed by atoms with Gasteiger partial charge in [-0.3, -0.25) is 4.90 Å². The van der Waals surface area contributed by atoms with Crippen LogP contribution in [0.1, 0.15) is 37.4 Å². The molecule has 0 aromatic carbocycles. The average Bonchev–Trinajstić information content (AvgIpc) is 3.13. The molecule has 1 aromatic heterocycles. The van der Waals surface area contributed by atoms with E-state index in [1.807, 2.05) is 6.33 Å². The summed E-state index contributed by atoms with van der Waals surface area (Å²) in [5.41, 5.74) is 1.39. The third-order valence-electron chi connectivity index (χ3n) is 4.43. The lowest BCUT2D eigenvalue weighted by molar-refractivity contribution is 0.0796. The maximum absolute atomic E-state index is 4.32. The lowest BCUT2D eigenvalue weighted by Gasteiger charge is -2.41. The highest BCUT2D eigenvalue weighted by Crippen LogP contribution is 2.42. The SMILES string of the molecule is CNCC1CCCN(C2CC2)C1c1cncn1C. The molecule has 0 amide bonds. The molecular formula is C14H24N4. The van der Waals surface area contributed by atoms with Gasteiger partial charge in [-0.2, -0.15) is 0 Å². The second-order valence-electron chi connectivity index (χ2n) is 5.80. The second-order valence-corrected chi connectivity index (χ2v) is 5.80. The van der Waals surface area contributed by atoms with Crippen molar-refractivity contribution in [2.75, 3.05) is 20.1 Å². The number of rotatable bonds is 4. The van der Waals surface area contributed by atoms with Crippen molar-refractivity contribution in [3.05, 3.63) is 18.2 Å². The molecule has 1 aliphatic carbocycles. The molecule has 0 spiro atoms. The largest absolute Gasteiger partial charge is 0.336 e. The minimum absolute atomic E-state index is 0.561. The summed E-state index contributed by atoms with van der Waals surface area (Å²) < 4.78 is 2.20. The van der Waals surface area contributed by atoms with Crippen LogP contribution in [0.2, 0.25) is 0 Å². The van der Waals surface area contributed by atoms with Crippen molar-refractivity contribution in [1.82, 2.24) is 19.8 Å². The summed E-state index contributed by atoms with van der Waals surface area (Å²) in [5, 5.41) is 3.37. The van der Waals surface area contributed by atoms with Crippen molar-refractivity contribution in [3.8, 4) is 0 Å². The lowest BCUT2D eigenvalue weighted by Crippen LogP contribution is -2.43. The predicted molar refractivity (Wildman–Crippen MR) is 72.3 cm³/mol. The smallest absolute Gasteiger partial charge is 0.0946 e. The summed E-state index contributed by atoms with van der Waals surface area (Å²) in [6.45, 7) is 2.37. The van der Waals surface area contributed by atoms with Gasteiger partial charge in [-0.1, -0.05) is 0 Å². The second kappa shape index (κ2) is 5.02. The number of hydrogen-bond acceptors (Lipinski definition) is 3. The van der Waals surface area contributed by atoms with E-state index in [9.17, 15) is 0 Å². The molecule has 0 radical (unpaired) electrons. The van der Waals surface area contributed by atoms with Crippen molar-refractivity contribution in [2.24, 2.45) is 13.0 Å². The van der Waals surface area contributed by atoms with Crippen molar-refractivity contribution in [2.45, 2.75) is 37.8 Å². The highest BCUT2D eigenvalue weighted by Gasteiger charge is 2.41. The van der Waals surface area contributed by atoms with Crippen molar-refractivity contribution < 1.29 is 0 Å². The van der Waals surface area contributed by atoms with Gasteiger partial charge in [0.1, 0.15) is 0 Å². The van der Waals surface area contributed by atoms with Crippen LogP contribution in [0.5, 0.6) is 0 Å². The first-order valence-electron chi connectivity index (χ1n) is 7.18. The summed E-state index contributed by atoms with van der Waals surface area (Å²) in [5.74, 6) is 0.722. The standard InChI is InChI=1S/C14H24N4/c1-15-8-11-4-3-7-18(12-5-6-12)14(11)13-9-16-10-17(13)2/h9-12,14-15H,3-8H2,1-2H3. The molecule has 2 unspecified atom stereocenters. The van der Waals surface area contributed by atoms with Gasteiger partial charge < -0.3 is 9.88 Å². The molecule has 2 heterocycles. The van der Waals surface area contributed by atoms with Gasteiger partial charge in [0.05, 0.1) is 18.1 Å². The quantitative estimate of drug-likeness (QED) is 0.878. The Morgan fingerprint density at radius 3 is 2.83 bits per heavy atom. The van der Waals surface area contributed by atoms with Gasteiger partial charge in [0.25, 0.3) is 0 Å². The molecule has 3 rings (SSSR count). The van der Waals surface area contributed by atoms with Crippen molar-refractivity contribution in [3.63, 3.8) is 0 Å². The Morgan fingerprint density at radius 1 is 1.39 bits per heavy atom. The van der Waals surface area contributed by atoms with E-state index in [4.69, 9.17) is 0 Å². The van der Waals surface area contributed by atoms with Crippen LogP contribution < -0.4 is 5.32 Å². The third-order valence-corrected chi connectivity index (χ3v) is 4.43. The van der Waals surface area contributed by atoms with E-state index in [-0.39, 0.29) is 0 Å². The van der Waals surface area contributed by atoms with Crippen LogP contribution in [-0.4, -0.2) is 40.6 Å². The minimum atomic E-state index is 0.561. The van der Waals surface area contributed by atoms with E-state index in [1.54, 1.807) is 0 Å². The fourth-order valence-corrected chi connectivity index (χ4v) is 3.46. The molecule has 100 valence electrons. The number of nitrogens with zero attached hydrogens (tertiary/aromatic N) is 3. The Morgan fingerprint density at radius 2 is 2.22 bits per heavy atom. The van der Waals surface area contributed by atoms with Crippen LogP contribution >= 0.6 is 0 Å². The van der Waals surface area contributed by atoms with Gasteiger partial charge in [-0.05, 0) is 51.7 Å². The number of piperidine rings is 1. The normalized spacial score (nSPS) is 29.7. The molecule has 2 fully saturated rings. The molecule has 1 aromatic rings. The molecule has 1 saturated heterocycles. The molecule has 18 heavy (non-hydrogen) atoms. The van der Waals surface area contributed by atoms with Crippen LogP contribution in [-0.2, 0) is 7.05 Å². The van der Waals surface area contributed by atoms with Crippen LogP contribution in [0.4, 0.5) is 0 Å². The summed E-state index contributed by atoms with van der Waals surface area (Å²) in [4.78, 5) is 7.06. The molecule has 1 aliphatic heterocycles. The van der Waals surface area contributed by atoms with Gasteiger partial charge in [0, 0.05) is 19.3 Å². The highest BCUT2D eigenvalue weighted by molar-refractivity contribution is 5.11. The van der Waals surface area contributed by atoms with Gasteiger partial charge in [0.15, 0.2) is 0 Å². The Balaban J connectivity index is 1.88. The van der Waals surface area contributed by atoms with E-state index in [1.165, 1.54) is 37.9 Å². The summed E-state index contributed by atoms with van der Waals surface area (Å²) in [7, 11) is 4.19. The minimum Gasteiger partial charge on any atom is -0.336 e. The fourth-order valence-electron chi connectivity index (χ4n) is 3.46. The van der Waals surface area contributed by atoms with Gasteiger partial charge >= 0.3 is 0 Å². The predicted octanol–water partition coefficient (Wildman–Crippen LogP) is 1.55. The van der Waals surface area contributed by atoms with Crippen molar-refractivity contribution >= 4 is 0 Å². The first kappa shape index (κ1) is 12.2. The van der Waals surface area contributed by atoms with Gasteiger partial charge in [-0.25, -0.2) is 4.98 Å². The van der Waals surface area contributed by atoms with Crippen molar-refractivity contribution in [1.29, 1.82) is 0 Å². The van der Waals surface area contributed by atoms with E-state index >= 15 is 0 Å². The molecule has 2 atom stereocenters. The van der Waals surface area contributed by atoms with Gasteiger partial charge in [0.2, 0.25) is 0 Å². The Bertz CT molecular complexity index is 394. The molecule has 2 aliphatic rings. The molecule has 1 saturated carbocycles. The molecule has 4 nitrogen and oxygen atoms in total. The summed E-state index contributed by atoms with van der Waals surface area (Å²) in [6, 6.07) is 1.40. The van der Waals surface area contributed by atoms with Crippen LogP contribution in [0.25, 0.3) is 0 Å². The maximum Gasteiger partial charge on any atom is 0.0946 e. The lowest BCUT2D eigenvalue weighted by atomic mass is 9.87. The van der Waals surface area contributed by atoms with Crippen LogP contribution in [0.15, 0.2) is 12.5 Å². The van der Waals surface area contributed by atoms with E-state index in [2.05, 4.69) is 40.1 Å². The topological polar surface area (TPSA) is 33.1 Å². The first-order chi connectivity index (χ1) is 8.81. The summed E-state index contributed by atoms with van der Waals surface area (Å²) in [6.07, 6.45) is 9.46. The monoisotopic (exact) mass is 248 g/mol. The van der Waals surface area contributed by atoms with E-state index < -0.39 is 0 Å². The molecular weight excluding hydrogens is 224 g/mol. The number of likely N-dealkylation sites (tertiary alicyclic amines) is 1. The zero-order valence-corrected chi connectivity index (χ0v) is 11.5. The molecule has 0 bridgehead atoms. The Labute approximate surface area is 109 Å². The van der Waals surface area contributed by atoms with E-state index in [0.717, 1.165) is 18.5 Å². The highest BCUT2D eigenvalue weighted by atomic mass is 15.2. The fraction of sp³-hybridized carbons (Fsp3) is 0.786. The zero-order chi connectivity index (χ0) is 12.5. The molecule has 4 heteroatoms. The number of aryl methyl sites for hydroxylation is 1. The number of nitrogens with one attached hydrogen (secondary N) is 1.